The Kier molecular flexibility index (Phi) is 1.23. The lowest BCUT2D eigenvalue weighted by molar-refractivity contribution is 0.479. The summed E-state index contributed by atoms with van der Waals surface area (Å²) in [4.78, 5) is 0. The molecule has 0 nitrogen and oxygen atoms in total. The SMILES string of the molecule is FC1[CH]C1c1ccccc1. The Bertz CT molecular complexity index is 217. The molecule has 0 aliphatic heterocycles. The van der Waals surface area contributed by atoms with E-state index in [1.54, 1.807) is 6.42 Å². The summed E-state index contributed by atoms with van der Waals surface area (Å²) >= 11 is 0. The molecule has 1 aliphatic rings. The summed E-state index contributed by atoms with van der Waals surface area (Å²) in [6.45, 7) is 0. The van der Waals surface area contributed by atoms with Crippen molar-refractivity contribution in [1.29, 1.82) is 0 Å². The van der Waals surface area contributed by atoms with E-state index in [2.05, 4.69) is 0 Å². The number of alkyl halides is 1. The van der Waals surface area contributed by atoms with Crippen molar-refractivity contribution < 1.29 is 4.39 Å². The summed E-state index contributed by atoms with van der Waals surface area (Å²) in [6, 6.07) is 9.74. The molecule has 1 aromatic rings. The maximum atomic E-state index is 12.4. The van der Waals surface area contributed by atoms with Gasteiger partial charge in [0.15, 0.2) is 0 Å². The first-order chi connectivity index (χ1) is 4.88. The van der Waals surface area contributed by atoms with Crippen LogP contribution in [0.25, 0.3) is 0 Å². The quantitative estimate of drug-likeness (QED) is 0.554. The van der Waals surface area contributed by atoms with Gasteiger partial charge in [0.2, 0.25) is 0 Å². The first-order valence-electron chi connectivity index (χ1n) is 3.42. The highest BCUT2D eigenvalue weighted by molar-refractivity contribution is 5.33. The Hall–Kier alpha value is -0.850. The lowest BCUT2D eigenvalue weighted by Gasteiger charge is -1.92. The molecule has 0 aromatic heterocycles. The van der Waals surface area contributed by atoms with Crippen molar-refractivity contribution >= 4 is 0 Å². The van der Waals surface area contributed by atoms with Crippen molar-refractivity contribution in [3.8, 4) is 0 Å². The van der Waals surface area contributed by atoms with Crippen molar-refractivity contribution in [2.75, 3.05) is 0 Å². The topological polar surface area (TPSA) is 0 Å². The van der Waals surface area contributed by atoms with Crippen LogP contribution in [0.2, 0.25) is 0 Å². The van der Waals surface area contributed by atoms with E-state index < -0.39 is 6.17 Å². The van der Waals surface area contributed by atoms with E-state index in [0.717, 1.165) is 5.56 Å². The third-order valence-electron chi connectivity index (χ3n) is 1.78. The zero-order chi connectivity index (χ0) is 6.97. The lowest BCUT2D eigenvalue weighted by atomic mass is 10.1. The molecule has 0 amide bonds. The fraction of sp³-hybridized carbons (Fsp3) is 0.222. The van der Waals surface area contributed by atoms with Crippen molar-refractivity contribution in [2.45, 2.75) is 12.1 Å². The summed E-state index contributed by atoms with van der Waals surface area (Å²) < 4.78 is 12.4. The standard InChI is InChI=1S/C9H8F/c10-9-6-8(9)7-4-2-1-3-5-7/h1-6,8-9H. The lowest BCUT2D eigenvalue weighted by Crippen LogP contribution is -1.79. The molecule has 2 atom stereocenters. The largest absolute Gasteiger partial charge is 0.246 e. The fourth-order valence-corrected chi connectivity index (χ4v) is 1.10. The Morgan fingerprint density at radius 3 is 2.20 bits per heavy atom. The van der Waals surface area contributed by atoms with Gasteiger partial charge in [0.25, 0.3) is 0 Å². The summed E-state index contributed by atoms with van der Waals surface area (Å²) in [5, 5.41) is 0. The predicted octanol–water partition coefficient (Wildman–Crippen LogP) is 2.33. The Balaban J connectivity index is 2.20. The molecule has 0 N–H and O–H groups in total. The molecule has 1 saturated carbocycles. The first-order valence-corrected chi connectivity index (χ1v) is 3.42. The molecule has 1 radical (unpaired) electrons. The third kappa shape index (κ3) is 0.919. The number of rotatable bonds is 1. The highest BCUT2D eigenvalue weighted by atomic mass is 19.1. The zero-order valence-electron chi connectivity index (χ0n) is 5.50. The predicted molar refractivity (Wildman–Crippen MR) is 38.4 cm³/mol. The molecule has 0 heterocycles. The zero-order valence-corrected chi connectivity index (χ0v) is 5.50. The molecule has 0 bridgehead atoms. The summed E-state index contributed by atoms with van der Waals surface area (Å²) in [6.07, 6.45) is 1.01. The number of halogens is 1. The van der Waals surface area contributed by atoms with Crippen molar-refractivity contribution in [3.05, 3.63) is 42.3 Å². The second kappa shape index (κ2) is 2.08. The van der Waals surface area contributed by atoms with Crippen LogP contribution in [0.5, 0.6) is 0 Å². The van der Waals surface area contributed by atoms with Crippen LogP contribution in [-0.2, 0) is 0 Å². The van der Waals surface area contributed by atoms with Crippen LogP contribution in [-0.4, -0.2) is 6.17 Å². The van der Waals surface area contributed by atoms with Gasteiger partial charge >= 0.3 is 0 Å². The van der Waals surface area contributed by atoms with Gasteiger partial charge in [0.05, 0.1) is 0 Å². The van der Waals surface area contributed by atoms with Gasteiger partial charge in [-0.1, -0.05) is 30.3 Å². The Labute approximate surface area is 59.7 Å². The average molecular weight is 135 g/mol. The maximum absolute atomic E-state index is 12.4. The summed E-state index contributed by atoms with van der Waals surface area (Å²) in [5.41, 5.74) is 1.09. The van der Waals surface area contributed by atoms with Gasteiger partial charge in [-0.25, -0.2) is 4.39 Å². The number of hydrogen-bond donors (Lipinski definition) is 0. The summed E-state index contributed by atoms with van der Waals surface area (Å²) in [7, 11) is 0. The molecule has 1 aromatic carbocycles. The first kappa shape index (κ1) is 5.90. The molecule has 10 heavy (non-hydrogen) atoms. The van der Waals surface area contributed by atoms with Crippen LogP contribution in [0.4, 0.5) is 4.39 Å². The van der Waals surface area contributed by atoms with Crippen molar-refractivity contribution in [2.24, 2.45) is 0 Å². The van der Waals surface area contributed by atoms with Crippen LogP contribution in [0, 0.1) is 6.42 Å². The smallest absolute Gasteiger partial charge is 0.111 e. The molecule has 2 unspecified atom stereocenters. The van der Waals surface area contributed by atoms with Crippen molar-refractivity contribution in [1.82, 2.24) is 0 Å². The van der Waals surface area contributed by atoms with Crippen LogP contribution in [0.15, 0.2) is 30.3 Å². The molecule has 51 valence electrons. The van der Waals surface area contributed by atoms with Gasteiger partial charge in [0, 0.05) is 12.3 Å². The molecule has 0 spiro atoms. The molecular weight excluding hydrogens is 127 g/mol. The van der Waals surface area contributed by atoms with E-state index in [9.17, 15) is 4.39 Å². The highest BCUT2D eigenvalue weighted by Crippen LogP contribution is 2.41. The maximum Gasteiger partial charge on any atom is 0.111 e. The van der Waals surface area contributed by atoms with Gasteiger partial charge in [-0.05, 0) is 5.56 Å². The van der Waals surface area contributed by atoms with Gasteiger partial charge < -0.3 is 0 Å². The molecular formula is C9H8F. The Morgan fingerprint density at radius 1 is 1.10 bits per heavy atom. The van der Waals surface area contributed by atoms with E-state index >= 15 is 0 Å². The minimum atomic E-state index is -0.692. The molecule has 1 fully saturated rings. The second-order valence-electron chi connectivity index (χ2n) is 2.57. The van der Waals surface area contributed by atoms with E-state index in [1.807, 2.05) is 30.3 Å². The van der Waals surface area contributed by atoms with Crippen LogP contribution >= 0.6 is 0 Å². The minimum absolute atomic E-state index is 0.0844. The van der Waals surface area contributed by atoms with Gasteiger partial charge in [0.1, 0.15) is 6.17 Å². The molecule has 1 heteroatoms. The van der Waals surface area contributed by atoms with Crippen LogP contribution in [0.3, 0.4) is 0 Å². The van der Waals surface area contributed by atoms with Crippen LogP contribution in [0.1, 0.15) is 11.5 Å². The molecule has 2 rings (SSSR count). The monoisotopic (exact) mass is 135 g/mol. The van der Waals surface area contributed by atoms with Gasteiger partial charge in [-0.15, -0.1) is 0 Å². The molecule has 1 aliphatic carbocycles. The average Bonchev–Trinajstić information content (AvgIpc) is 2.69. The van der Waals surface area contributed by atoms with Crippen molar-refractivity contribution in [3.63, 3.8) is 0 Å². The normalized spacial score (nSPS) is 30.1. The van der Waals surface area contributed by atoms with E-state index in [0.29, 0.717) is 0 Å². The highest BCUT2D eigenvalue weighted by Gasteiger charge is 2.38. The number of hydrogen-bond acceptors (Lipinski definition) is 0. The second-order valence-corrected chi connectivity index (χ2v) is 2.57. The fourth-order valence-electron chi connectivity index (χ4n) is 1.10. The summed E-state index contributed by atoms with van der Waals surface area (Å²) in [5.74, 6) is 0.0844. The Morgan fingerprint density at radius 2 is 1.70 bits per heavy atom. The van der Waals surface area contributed by atoms with E-state index in [4.69, 9.17) is 0 Å². The van der Waals surface area contributed by atoms with Gasteiger partial charge in [-0.3, -0.25) is 0 Å². The van der Waals surface area contributed by atoms with Gasteiger partial charge in [-0.2, -0.15) is 0 Å². The molecule has 0 saturated heterocycles. The van der Waals surface area contributed by atoms with E-state index in [-0.39, 0.29) is 5.92 Å². The minimum Gasteiger partial charge on any atom is -0.246 e. The number of benzene rings is 1. The third-order valence-corrected chi connectivity index (χ3v) is 1.78. The van der Waals surface area contributed by atoms with Crippen LogP contribution < -0.4 is 0 Å². The van der Waals surface area contributed by atoms with E-state index in [1.165, 1.54) is 0 Å².